The maximum absolute atomic E-state index is 5.74. The van der Waals surface area contributed by atoms with Crippen molar-refractivity contribution in [3.8, 4) is 11.3 Å². The van der Waals surface area contributed by atoms with Crippen LogP contribution in [0, 0.1) is 6.92 Å². The van der Waals surface area contributed by atoms with Gasteiger partial charge < -0.3 is 5.73 Å². The minimum absolute atomic E-state index is 0.322. The SMILES string of the molecule is Cc1nc2c(C(N)=S)ccc(-c3cccc(Br)c3)n2n1. The van der Waals surface area contributed by atoms with Crippen LogP contribution in [0.4, 0.5) is 0 Å². The number of fused-ring (bicyclic) bond motifs is 1. The molecule has 0 atom stereocenters. The lowest BCUT2D eigenvalue weighted by atomic mass is 10.1. The van der Waals surface area contributed by atoms with Gasteiger partial charge in [0, 0.05) is 10.0 Å². The summed E-state index contributed by atoms with van der Waals surface area (Å²) in [5.74, 6) is 0.685. The van der Waals surface area contributed by atoms with Gasteiger partial charge in [-0.1, -0.05) is 40.3 Å². The second-order valence-electron chi connectivity index (χ2n) is 4.40. The minimum atomic E-state index is 0.322. The Labute approximate surface area is 129 Å². The number of thiocarbonyl (C=S) groups is 1. The monoisotopic (exact) mass is 346 g/mol. The van der Waals surface area contributed by atoms with Crippen molar-refractivity contribution in [2.75, 3.05) is 0 Å². The molecule has 2 N–H and O–H groups in total. The van der Waals surface area contributed by atoms with Gasteiger partial charge in [0.05, 0.1) is 11.3 Å². The first-order chi connectivity index (χ1) is 9.56. The Balaban J connectivity index is 2.33. The van der Waals surface area contributed by atoms with Gasteiger partial charge in [-0.15, -0.1) is 0 Å². The molecule has 0 bridgehead atoms. The fourth-order valence-electron chi connectivity index (χ4n) is 2.12. The standard InChI is InChI=1S/C14H11BrN4S/c1-8-17-14-11(13(16)20)5-6-12(19(14)18-8)9-3-2-4-10(15)7-9/h2-7H,1H3,(H2,16,20). The van der Waals surface area contributed by atoms with Crippen molar-refractivity contribution in [1.82, 2.24) is 14.6 Å². The van der Waals surface area contributed by atoms with E-state index in [-0.39, 0.29) is 0 Å². The van der Waals surface area contributed by atoms with Gasteiger partial charge >= 0.3 is 0 Å². The molecule has 0 spiro atoms. The van der Waals surface area contributed by atoms with Gasteiger partial charge in [-0.3, -0.25) is 0 Å². The zero-order valence-corrected chi connectivity index (χ0v) is 13.1. The number of nitrogens with two attached hydrogens (primary N) is 1. The molecule has 0 aliphatic carbocycles. The van der Waals surface area contributed by atoms with Crippen LogP contribution >= 0.6 is 28.1 Å². The van der Waals surface area contributed by atoms with Crippen molar-refractivity contribution in [3.63, 3.8) is 0 Å². The molecule has 3 rings (SSSR count). The third-order valence-corrected chi connectivity index (χ3v) is 3.69. The second-order valence-corrected chi connectivity index (χ2v) is 5.76. The smallest absolute Gasteiger partial charge is 0.166 e. The molecule has 100 valence electrons. The van der Waals surface area contributed by atoms with E-state index in [1.807, 2.05) is 43.3 Å². The van der Waals surface area contributed by atoms with E-state index in [0.29, 0.717) is 16.5 Å². The fraction of sp³-hybridized carbons (Fsp3) is 0.0714. The molecule has 0 fully saturated rings. The third kappa shape index (κ3) is 2.21. The first-order valence-electron chi connectivity index (χ1n) is 5.98. The Bertz CT molecular complexity index is 825. The number of rotatable bonds is 2. The van der Waals surface area contributed by atoms with Crippen LogP contribution in [-0.2, 0) is 0 Å². The zero-order valence-electron chi connectivity index (χ0n) is 10.7. The van der Waals surface area contributed by atoms with Gasteiger partial charge in [0.15, 0.2) is 5.65 Å². The Hall–Kier alpha value is -1.79. The summed E-state index contributed by atoms with van der Waals surface area (Å²) in [5, 5.41) is 4.44. The van der Waals surface area contributed by atoms with Gasteiger partial charge in [0.1, 0.15) is 10.8 Å². The maximum Gasteiger partial charge on any atom is 0.166 e. The zero-order chi connectivity index (χ0) is 14.3. The van der Waals surface area contributed by atoms with Crippen molar-refractivity contribution in [3.05, 3.63) is 52.3 Å². The highest BCUT2D eigenvalue weighted by molar-refractivity contribution is 9.10. The molecule has 0 aliphatic rings. The molecule has 2 aromatic heterocycles. The summed E-state index contributed by atoms with van der Waals surface area (Å²) in [6.07, 6.45) is 0. The summed E-state index contributed by atoms with van der Waals surface area (Å²) in [6.45, 7) is 1.85. The second kappa shape index (κ2) is 4.96. The fourth-order valence-corrected chi connectivity index (χ4v) is 2.68. The lowest BCUT2D eigenvalue weighted by Gasteiger charge is -2.07. The summed E-state index contributed by atoms with van der Waals surface area (Å²) < 4.78 is 2.80. The molecule has 0 radical (unpaired) electrons. The Morgan fingerprint density at radius 2 is 2.10 bits per heavy atom. The third-order valence-electron chi connectivity index (χ3n) is 2.98. The average Bonchev–Trinajstić information content (AvgIpc) is 2.78. The molecule has 6 heteroatoms. The number of hydrogen-bond acceptors (Lipinski definition) is 3. The molecule has 2 heterocycles. The van der Waals surface area contributed by atoms with E-state index in [1.165, 1.54) is 0 Å². The largest absolute Gasteiger partial charge is 0.389 e. The summed E-state index contributed by atoms with van der Waals surface area (Å²) in [4.78, 5) is 4.74. The Morgan fingerprint density at radius 3 is 2.80 bits per heavy atom. The number of benzene rings is 1. The van der Waals surface area contributed by atoms with Gasteiger partial charge in [-0.2, -0.15) is 5.10 Å². The summed E-state index contributed by atoms with van der Waals surface area (Å²) in [5.41, 5.74) is 9.16. The molecular weight excluding hydrogens is 336 g/mol. The normalized spacial score (nSPS) is 10.9. The van der Waals surface area contributed by atoms with E-state index >= 15 is 0 Å². The number of aryl methyl sites for hydroxylation is 1. The van der Waals surface area contributed by atoms with Gasteiger partial charge in [-0.25, -0.2) is 9.50 Å². The first kappa shape index (κ1) is 13.2. The van der Waals surface area contributed by atoms with Gasteiger partial charge in [0.2, 0.25) is 0 Å². The molecule has 0 saturated heterocycles. The summed E-state index contributed by atoms with van der Waals surface area (Å²) in [6, 6.07) is 11.9. The topological polar surface area (TPSA) is 56.2 Å². The van der Waals surface area contributed by atoms with E-state index in [9.17, 15) is 0 Å². The van der Waals surface area contributed by atoms with Gasteiger partial charge in [0.25, 0.3) is 0 Å². The van der Waals surface area contributed by atoms with Crippen molar-refractivity contribution >= 4 is 38.8 Å². The summed E-state index contributed by atoms with van der Waals surface area (Å²) in [7, 11) is 0. The highest BCUT2D eigenvalue weighted by Crippen LogP contribution is 2.25. The predicted octanol–water partition coefficient (Wildman–Crippen LogP) is 3.10. The van der Waals surface area contributed by atoms with Crippen LogP contribution < -0.4 is 5.73 Å². The number of pyridine rings is 1. The Morgan fingerprint density at radius 1 is 1.30 bits per heavy atom. The number of aromatic nitrogens is 3. The lowest BCUT2D eigenvalue weighted by Crippen LogP contribution is -2.12. The molecule has 0 unspecified atom stereocenters. The average molecular weight is 347 g/mol. The Kier molecular flexibility index (Phi) is 3.27. The number of hydrogen-bond donors (Lipinski definition) is 1. The molecule has 4 nitrogen and oxygen atoms in total. The molecule has 0 saturated carbocycles. The molecule has 0 amide bonds. The predicted molar refractivity (Wildman–Crippen MR) is 86.7 cm³/mol. The van der Waals surface area contributed by atoms with Crippen molar-refractivity contribution in [2.24, 2.45) is 5.73 Å². The van der Waals surface area contributed by atoms with Crippen LogP contribution in [0.25, 0.3) is 16.9 Å². The molecule has 1 aromatic carbocycles. The number of halogens is 1. The number of nitrogens with zero attached hydrogens (tertiary/aromatic N) is 3. The van der Waals surface area contributed by atoms with E-state index in [0.717, 1.165) is 21.3 Å². The van der Waals surface area contributed by atoms with E-state index in [1.54, 1.807) is 4.52 Å². The van der Waals surface area contributed by atoms with Crippen LogP contribution in [-0.4, -0.2) is 19.6 Å². The van der Waals surface area contributed by atoms with Crippen molar-refractivity contribution in [2.45, 2.75) is 6.92 Å². The van der Waals surface area contributed by atoms with E-state index in [2.05, 4.69) is 26.0 Å². The molecule has 3 aromatic rings. The molecule has 0 aliphatic heterocycles. The van der Waals surface area contributed by atoms with Crippen LogP contribution in [0.1, 0.15) is 11.4 Å². The molecular formula is C14H11BrN4S. The van der Waals surface area contributed by atoms with Crippen molar-refractivity contribution in [1.29, 1.82) is 0 Å². The highest BCUT2D eigenvalue weighted by atomic mass is 79.9. The minimum Gasteiger partial charge on any atom is -0.389 e. The van der Waals surface area contributed by atoms with Crippen LogP contribution in [0.2, 0.25) is 0 Å². The van der Waals surface area contributed by atoms with Crippen molar-refractivity contribution < 1.29 is 0 Å². The summed E-state index contributed by atoms with van der Waals surface area (Å²) >= 11 is 8.55. The quantitative estimate of drug-likeness (QED) is 0.724. The lowest BCUT2D eigenvalue weighted by molar-refractivity contribution is 0.937. The molecule has 20 heavy (non-hydrogen) atoms. The first-order valence-corrected chi connectivity index (χ1v) is 7.18. The van der Waals surface area contributed by atoms with E-state index < -0.39 is 0 Å². The van der Waals surface area contributed by atoms with Crippen LogP contribution in [0.3, 0.4) is 0 Å². The van der Waals surface area contributed by atoms with Gasteiger partial charge in [-0.05, 0) is 31.2 Å². The van der Waals surface area contributed by atoms with Crippen LogP contribution in [0.5, 0.6) is 0 Å². The maximum atomic E-state index is 5.74. The highest BCUT2D eigenvalue weighted by Gasteiger charge is 2.13. The van der Waals surface area contributed by atoms with E-state index in [4.69, 9.17) is 18.0 Å². The van der Waals surface area contributed by atoms with Crippen LogP contribution in [0.15, 0.2) is 40.9 Å².